The molecule has 0 spiro atoms. The highest BCUT2D eigenvalue weighted by Crippen LogP contribution is 2.20. The van der Waals surface area contributed by atoms with E-state index in [4.69, 9.17) is 17.3 Å². The van der Waals surface area contributed by atoms with Gasteiger partial charge in [0.25, 0.3) is 0 Å². The van der Waals surface area contributed by atoms with Crippen LogP contribution in [0.5, 0.6) is 0 Å². The Labute approximate surface area is 138 Å². The van der Waals surface area contributed by atoms with Crippen molar-refractivity contribution in [1.82, 2.24) is 5.32 Å². The van der Waals surface area contributed by atoms with Crippen molar-refractivity contribution in [2.75, 3.05) is 5.75 Å². The number of hydrogen-bond donors (Lipinski definition) is 2. The molecule has 0 heterocycles. The van der Waals surface area contributed by atoms with Gasteiger partial charge in [0.1, 0.15) is 6.04 Å². The minimum Gasteiger partial charge on any atom is -0.368 e. The standard InChI is InChI=1S/C16H15ClN2O2S/c17-12-6-8-13(9-7-12)22-10-14(20)19-15(16(18)21)11-4-2-1-3-5-11/h1-9,15H,10H2,(H2,18,21)(H,19,20). The SMILES string of the molecule is NC(=O)C(NC(=O)CSc1ccc(Cl)cc1)c1ccccc1. The number of nitrogens with one attached hydrogen (secondary N) is 1. The summed E-state index contributed by atoms with van der Waals surface area (Å²) in [5.41, 5.74) is 6.03. The summed E-state index contributed by atoms with van der Waals surface area (Å²) in [6.07, 6.45) is 0. The Morgan fingerprint density at radius 1 is 1.09 bits per heavy atom. The van der Waals surface area contributed by atoms with E-state index in [2.05, 4.69) is 5.32 Å². The van der Waals surface area contributed by atoms with Crippen molar-refractivity contribution in [2.45, 2.75) is 10.9 Å². The molecule has 0 radical (unpaired) electrons. The van der Waals surface area contributed by atoms with Gasteiger partial charge in [0, 0.05) is 9.92 Å². The normalized spacial score (nSPS) is 11.7. The maximum Gasteiger partial charge on any atom is 0.244 e. The molecule has 0 bridgehead atoms. The van der Waals surface area contributed by atoms with Crippen LogP contribution >= 0.6 is 23.4 Å². The van der Waals surface area contributed by atoms with Crippen molar-refractivity contribution >= 4 is 35.2 Å². The number of hydrogen-bond acceptors (Lipinski definition) is 3. The monoisotopic (exact) mass is 334 g/mol. The molecule has 1 atom stereocenters. The summed E-state index contributed by atoms with van der Waals surface area (Å²) in [6.45, 7) is 0. The molecule has 0 fully saturated rings. The van der Waals surface area contributed by atoms with Gasteiger partial charge >= 0.3 is 0 Å². The van der Waals surface area contributed by atoms with Crippen molar-refractivity contribution < 1.29 is 9.59 Å². The second-order valence-corrected chi connectivity index (χ2v) is 6.04. The molecule has 3 N–H and O–H groups in total. The minimum absolute atomic E-state index is 0.193. The van der Waals surface area contributed by atoms with E-state index >= 15 is 0 Å². The number of amides is 2. The maximum atomic E-state index is 12.0. The molecule has 22 heavy (non-hydrogen) atoms. The molecule has 0 saturated carbocycles. The Morgan fingerprint density at radius 2 is 1.73 bits per heavy atom. The number of carbonyl (C=O) groups excluding carboxylic acids is 2. The molecule has 2 aromatic rings. The molecular formula is C16H15ClN2O2S. The molecule has 0 aliphatic carbocycles. The van der Waals surface area contributed by atoms with E-state index in [1.807, 2.05) is 18.2 Å². The first-order chi connectivity index (χ1) is 10.6. The molecule has 0 aliphatic rings. The molecular weight excluding hydrogens is 320 g/mol. The smallest absolute Gasteiger partial charge is 0.244 e. The van der Waals surface area contributed by atoms with Crippen LogP contribution in [-0.4, -0.2) is 17.6 Å². The average molecular weight is 335 g/mol. The van der Waals surface area contributed by atoms with Crippen molar-refractivity contribution in [2.24, 2.45) is 5.73 Å². The Balaban J connectivity index is 1.94. The van der Waals surface area contributed by atoms with Gasteiger partial charge in [-0.2, -0.15) is 0 Å². The highest BCUT2D eigenvalue weighted by Gasteiger charge is 2.19. The molecule has 0 saturated heterocycles. The summed E-state index contributed by atoms with van der Waals surface area (Å²) in [6, 6.07) is 15.3. The van der Waals surface area contributed by atoms with E-state index in [1.165, 1.54) is 11.8 Å². The van der Waals surface area contributed by atoms with Crippen LogP contribution in [0.15, 0.2) is 59.5 Å². The number of benzene rings is 2. The van der Waals surface area contributed by atoms with E-state index in [1.54, 1.807) is 36.4 Å². The van der Waals surface area contributed by atoms with E-state index in [0.717, 1.165) is 4.90 Å². The third-order valence-corrected chi connectivity index (χ3v) is 4.17. The fraction of sp³-hybridized carbons (Fsp3) is 0.125. The van der Waals surface area contributed by atoms with Crippen LogP contribution in [0.25, 0.3) is 0 Å². The summed E-state index contributed by atoms with van der Waals surface area (Å²) in [7, 11) is 0. The lowest BCUT2D eigenvalue weighted by atomic mass is 10.1. The highest BCUT2D eigenvalue weighted by molar-refractivity contribution is 8.00. The minimum atomic E-state index is -0.820. The predicted molar refractivity (Wildman–Crippen MR) is 88.7 cm³/mol. The number of primary amides is 1. The van der Waals surface area contributed by atoms with Gasteiger partial charge in [0.05, 0.1) is 5.75 Å². The molecule has 0 aliphatic heterocycles. The number of halogens is 1. The zero-order chi connectivity index (χ0) is 15.9. The summed E-state index contributed by atoms with van der Waals surface area (Å²) < 4.78 is 0. The van der Waals surface area contributed by atoms with Gasteiger partial charge in [-0.25, -0.2) is 0 Å². The lowest BCUT2D eigenvalue weighted by Crippen LogP contribution is -2.38. The molecule has 4 nitrogen and oxygen atoms in total. The van der Waals surface area contributed by atoms with Crippen LogP contribution in [0.3, 0.4) is 0 Å². The number of carbonyl (C=O) groups is 2. The predicted octanol–water partition coefficient (Wildman–Crippen LogP) is 2.77. The van der Waals surface area contributed by atoms with E-state index in [0.29, 0.717) is 10.6 Å². The Hall–Kier alpha value is -1.98. The number of rotatable bonds is 6. The first kappa shape index (κ1) is 16.4. The molecule has 2 aromatic carbocycles. The Morgan fingerprint density at radius 3 is 2.32 bits per heavy atom. The lowest BCUT2D eigenvalue weighted by Gasteiger charge is -2.15. The van der Waals surface area contributed by atoms with Crippen LogP contribution < -0.4 is 11.1 Å². The fourth-order valence-corrected chi connectivity index (χ4v) is 2.68. The second kappa shape index (κ2) is 7.87. The van der Waals surface area contributed by atoms with Gasteiger partial charge in [-0.05, 0) is 29.8 Å². The molecule has 1 unspecified atom stereocenters. The zero-order valence-corrected chi connectivity index (χ0v) is 13.2. The van der Waals surface area contributed by atoms with Gasteiger partial charge < -0.3 is 11.1 Å². The number of thioether (sulfide) groups is 1. The third kappa shape index (κ3) is 4.79. The van der Waals surface area contributed by atoms with E-state index in [-0.39, 0.29) is 11.7 Å². The number of nitrogens with two attached hydrogens (primary N) is 1. The van der Waals surface area contributed by atoms with Gasteiger partial charge in [0.15, 0.2) is 0 Å². The molecule has 2 amide bonds. The second-order valence-electron chi connectivity index (χ2n) is 4.56. The van der Waals surface area contributed by atoms with Crippen LogP contribution in [-0.2, 0) is 9.59 Å². The largest absolute Gasteiger partial charge is 0.368 e. The van der Waals surface area contributed by atoms with Crippen LogP contribution in [0.2, 0.25) is 5.02 Å². The summed E-state index contributed by atoms with van der Waals surface area (Å²) in [5.74, 6) is -0.651. The third-order valence-electron chi connectivity index (χ3n) is 2.91. The summed E-state index contributed by atoms with van der Waals surface area (Å²) >= 11 is 7.17. The van der Waals surface area contributed by atoms with Crippen LogP contribution in [0.4, 0.5) is 0 Å². The lowest BCUT2D eigenvalue weighted by molar-refractivity contribution is -0.126. The molecule has 0 aromatic heterocycles. The first-order valence-electron chi connectivity index (χ1n) is 6.58. The average Bonchev–Trinajstić information content (AvgIpc) is 2.52. The fourth-order valence-electron chi connectivity index (χ4n) is 1.85. The van der Waals surface area contributed by atoms with Gasteiger partial charge in [-0.1, -0.05) is 41.9 Å². The van der Waals surface area contributed by atoms with Crippen molar-refractivity contribution in [1.29, 1.82) is 0 Å². The maximum absolute atomic E-state index is 12.0. The van der Waals surface area contributed by atoms with Crippen molar-refractivity contribution in [3.8, 4) is 0 Å². The molecule has 6 heteroatoms. The quantitative estimate of drug-likeness (QED) is 0.798. The van der Waals surface area contributed by atoms with E-state index in [9.17, 15) is 9.59 Å². The topological polar surface area (TPSA) is 72.2 Å². The molecule has 114 valence electrons. The Bertz CT molecular complexity index is 647. The van der Waals surface area contributed by atoms with Gasteiger partial charge in [-0.15, -0.1) is 11.8 Å². The summed E-state index contributed by atoms with van der Waals surface area (Å²) in [4.78, 5) is 24.5. The zero-order valence-electron chi connectivity index (χ0n) is 11.7. The van der Waals surface area contributed by atoms with Crippen molar-refractivity contribution in [3.05, 3.63) is 65.2 Å². The van der Waals surface area contributed by atoms with Crippen LogP contribution in [0.1, 0.15) is 11.6 Å². The Kier molecular flexibility index (Phi) is 5.86. The van der Waals surface area contributed by atoms with Crippen molar-refractivity contribution in [3.63, 3.8) is 0 Å². The first-order valence-corrected chi connectivity index (χ1v) is 7.94. The van der Waals surface area contributed by atoms with Crippen LogP contribution in [0, 0.1) is 0 Å². The van der Waals surface area contributed by atoms with Gasteiger partial charge in [0.2, 0.25) is 11.8 Å². The van der Waals surface area contributed by atoms with E-state index < -0.39 is 11.9 Å². The van der Waals surface area contributed by atoms with Gasteiger partial charge in [-0.3, -0.25) is 9.59 Å². The summed E-state index contributed by atoms with van der Waals surface area (Å²) in [5, 5.41) is 3.30. The molecule has 2 rings (SSSR count). The highest BCUT2D eigenvalue weighted by atomic mass is 35.5.